The number of hydrogen-bond acceptors (Lipinski definition) is 6. The molecule has 0 radical (unpaired) electrons. The maximum atomic E-state index is 10.7. The summed E-state index contributed by atoms with van der Waals surface area (Å²) in [7, 11) is 1.40. The topological polar surface area (TPSA) is 85.2 Å². The molecule has 0 aromatic carbocycles. The maximum absolute atomic E-state index is 10.7. The second-order valence-corrected chi connectivity index (χ2v) is 3.86. The van der Waals surface area contributed by atoms with Crippen LogP contribution in [0.4, 0.5) is 0 Å². The Morgan fingerprint density at radius 2 is 2.00 bits per heavy atom. The van der Waals surface area contributed by atoms with Crippen molar-refractivity contribution in [3.8, 4) is 0 Å². The number of hydrogen-bond donors (Lipinski definition) is 2. The van der Waals surface area contributed by atoms with E-state index in [1.807, 2.05) is 0 Å². The second kappa shape index (κ2) is 5.58. The largest absolute Gasteiger partial charge is 0.463 e. The van der Waals surface area contributed by atoms with Gasteiger partial charge < -0.3 is 24.4 Å². The summed E-state index contributed by atoms with van der Waals surface area (Å²) in [5, 5.41) is 19.3. The molecule has 16 heavy (non-hydrogen) atoms. The molecule has 94 valence electrons. The van der Waals surface area contributed by atoms with Gasteiger partial charge in [0.05, 0.1) is 6.10 Å². The van der Waals surface area contributed by atoms with Crippen LogP contribution in [0.3, 0.4) is 0 Å². The number of carbonyl (C=O) groups excluding carboxylic acids is 1. The van der Waals surface area contributed by atoms with Gasteiger partial charge in [0.15, 0.2) is 0 Å². The Labute approximate surface area is 94.1 Å². The number of carbonyl (C=O) groups is 1. The van der Waals surface area contributed by atoms with Crippen LogP contribution in [0, 0.1) is 0 Å². The predicted octanol–water partition coefficient (Wildman–Crippen LogP) is -0.926. The third kappa shape index (κ3) is 2.91. The third-order valence-electron chi connectivity index (χ3n) is 2.65. The molecular formula is C10H18O6. The normalized spacial score (nSPS) is 39.4. The molecule has 6 nitrogen and oxygen atoms in total. The van der Waals surface area contributed by atoms with Crippen LogP contribution < -0.4 is 0 Å². The highest BCUT2D eigenvalue weighted by Gasteiger charge is 2.43. The highest BCUT2D eigenvalue weighted by molar-refractivity contribution is 5.65. The zero-order chi connectivity index (χ0) is 12.3. The van der Waals surface area contributed by atoms with Gasteiger partial charge in [0.2, 0.25) is 0 Å². The molecule has 0 spiro atoms. The summed E-state index contributed by atoms with van der Waals surface area (Å²) in [6.07, 6.45) is -3.84. The van der Waals surface area contributed by atoms with Gasteiger partial charge in [0, 0.05) is 14.0 Å². The number of aliphatic hydroxyl groups excluding tert-OH is 2. The van der Waals surface area contributed by atoms with Crippen molar-refractivity contribution in [2.75, 3.05) is 13.7 Å². The molecule has 2 N–H and O–H groups in total. The molecule has 1 fully saturated rings. The molecule has 0 amide bonds. The summed E-state index contributed by atoms with van der Waals surface area (Å²) >= 11 is 0. The molecule has 0 aromatic heterocycles. The van der Waals surface area contributed by atoms with Gasteiger partial charge >= 0.3 is 5.97 Å². The van der Waals surface area contributed by atoms with Crippen molar-refractivity contribution in [3.63, 3.8) is 0 Å². The fourth-order valence-corrected chi connectivity index (χ4v) is 1.75. The van der Waals surface area contributed by atoms with Gasteiger partial charge in [-0.3, -0.25) is 4.79 Å². The monoisotopic (exact) mass is 234 g/mol. The van der Waals surface area contributed by atoms with Crippen LogP contribution in [-0.2, 0) is 19.0 Å². The van der Waals surface area contributed by atoms with Gasteiger partial charge in [-0.05, 0) is 6.92 Å². The van der Waals surface area contributed by atoms with Crippen molar-refractivity contribution in [1.82, 2.24) is 0 Å². The van der Waals surface area contributed by atoms with Gasteiger partial charge in [0.25, 0.3) is 0 Å². The number of ether oxygens (including phenoxy) is 3. The third-order valence-corrected chi connectivity index (χ3v) is 2.65. The fourth-order valence-electron chi connectivity index (χ4n) is 1.75. The predicted molar refractivity (Wildman–Crippen MR) is 53.8 cm³/mol. The lowest BCUT2D eigenvalue weighted by molar-refractivity contribution is -0.233. The minimum absolute atomic E-state index is 0.00194. The smallest absolute Gasteiger partial charge is 0.302 e. The number of aliphatic hydroxyl groups is 2. The standard InChI is InChI=1S/C10H18O6/c1-5-8(12)9(13)10(14-3)7(16-5)4-15-6(2)11/h5,7-10,12-13H,4H2,1-3H3/t5-,7+,8-,9+,10+/m0/s1. The van der Waals surface area contributed by atoms with Crippen LogP contribution in [-0.4, -0.2) is 60.4 Å². The van der Waals surface area contributed by atoms with Crippen LogP contribution in [0.5, 0.6) is 0 Å². The summed E-state index contributed by atoms with van der Waals surface area (Å²) in [6, 6.07) is 0. The molecule has 1 aliphatic heterocycles. The zero-order valence-electron chi connectivity index (χ0n) is 9.62. The summed E-state index contributed by atoms with van der Waals surface area (Å²) in [5.74, 6) is -0.424. The minimum Gasteiger partial charge on any atom is -0.463 e. The van der Waals surface area contributed by atoms with Crippen LogP contribution in [0.2, 0.25) is 0 Å². The van der Waals surface area contributed by atoms with E-state index in [9.17, 15) is 15.0 Å². The molecule has 0 aromatic rings. The van der Waals surface area contributed by atoms with Crippen molar-refractivity contribution in [2.24, 2.45) is 0 Å². The first-order chi connectivity index (χ1) is 7.47. The molecule has 1 saturated heterocycles. The molecule has 6 heteroatoms. The number of esters is 1. The molecule has 1 aliphatic rings. The second-order valence-electron chi connectivity index (χ2n) is 3.86. The number of methoxy groups -OCH3 is 1. The Balaban J connectivity index is 2.63. The average molecular weight is 234 g/mol. The first-order valence-electron chi connectivity index (χ1n) is 5.15. The van der Waals surface area contributed by atoms with Crippen molar-refractivity contribution in [2.45, 2.75) is 44.4 Å². The molecule has 0 unspecified atom stereocenters. The van der Waals surface area contributed by atoms with E-state index in [0.717, 1.165) is 0 Å². The Bertz CT molecular complexity index is 243. The quantitative estimate of drug-likeness (QED) is 0.614. The van der Waals surface area contributed by atoms with Crippen LogP contribution in [0.25, 0.3) is 0 Å². The van der Waals surface area contributed by atoms with Gasteiger partial charge in [-0.15, -0.1) is 0 Å². The molecule has 0 aliphatic carbocycles. The van der Waals surface area contributed by atoms with Crippen LogP contribution >= 0.6 is 0 Å². The first-order valence-corrected chi connectivity index (χ1v) is 5.15. The average Bonchev–Trinajstić information content (AvgIpc) is 2.23. The van der Waals surface area contributed by atoms with E-state index < -0.39 is 36.5 Å². The van der Waals surface area contributed by atoms with E-state index in [0.29, 0.717) is 0 Å². The Morgan fingerprint density at radius 3 is 2.50 bits per heavy atom. The van der Waals surface area contributed by atoms with E-state index in [4.69, 9.17) is 14.2 Å². The van der Waals surface area contributed by atoms with E-state index in [1.165, 1.54) is 14.0 Å². The molecule has 0 saturated carbocycles. The molecule has 1 rings (SSSR count). The molecule has 5 atom stereocenters. The van der Waals surface area contributed by atoms with Crippen molar-refractivity contribution in [1.29, 1.82) is 0 Å². The van der Waals surface area contributed by atoms with Crippen molar-refractivity contribution in [3.05, 3.63) is 0 Å². The van der Waals surface area contributed by atoms with E-state index >= 15 is 0 Å². The van der Waals surface area contributed by atoms with Crippen molar-refractivity contribution >= 4 is 5.97 Å². The maximum Gasteiger partial charge on any atom is 0.302 e. The van der Waals surface area contributed by atoms with E-state index in [2.05, 4.69) is 0 Å². The minimum atomic E-state index is -1.05. The van der Waals surface area contributed by atoms with Gasteiger partial charge in [0.1, 0.15) is 31.0 Å². The highest BCUT2D eigenvalue weighted by atomic mass is 16.6. The number of rotatable bonds is 3. The Kier molecular flexibility index (Phi) is 4.67. The summed E-state index contributed by atoms with van der Waals surface area (Å²) in [5.41, 5.74) is 0. The fraction of sp³-hybridized carbons (Fsp3) is 0.900. The first kappa shape index (κ1) is 13.4. The van der Waals surface area contributed by atoms with E-state index in [-0.39, 0.29) is 6.61 Å². The lowest BCUT2D eigenvalue weighted by Gasteiger charge is -2.40. The van der Waals surface area contributed by atoms with Crippen molar-refractivity contribution < 1.29 is 29.2 Å². The summed E-state index contributed by atoms with van der Waals surface area (Å²) < 4.78 is 15.3. The van der Waals surface area contributed by atoms with E-state index in [1.54, 1.807) is 6.92 Å². The molecule has 1 heterocycles. The Morgan fingerprint density at radius 1 is 1.38 bits per heavy atom. The Hall–Kier alpha value is -0.690. The highest BCUT2D eigenvalue weighted by Crippen LogP contribution is 2.23. The van der Waals surface area contributed by atoms with Crippen LogP contribution in [0.15, 0.2) is 0 Å². The lowest BCUT2D eigenvalue weighted by atomic mass is 9.96. The summed E-state index contributed by atoms with van der Waals surface area (Å²) in [4.78, 5) is 10.7. The SMILES string of the molecule is CO[C@H]1[C@H](O)[C@@H](O)[C@H](C)O[C@@H]1COC(C)=O. The molecule has 0 bridgehead atoms. The zero-order valence-corrected chi connectivity index (χ0v) is 9.62. The lowest BCUT2D eigenvalue weighted by Crippen LogP contribution is -2.58. The van der Waals surface area contributed by atoms with Gasteiger partial charge in [-0.1, -0.05) is 0 Å². The summed E-state index contributed by atoms with van der Waals surface area (Å²) in [6.45, 7) is 2.93. The van der Waals surface area contributed by atoms with Gasteiger partial charge in [-0.25, -0.2) is 0 Å². The van der Waals surface area contributed by atoms with Crippen LogP contribution in [0.1, 0.15) is 13.8 Å². The molecular weight excluding hydrogens is 216 g/mol. The van der Waals surface area contributed by atoms with Gasteiger partial charge in [-0.2, -0.15) is 0 Å².